The second kappa shape index (κ2) is 5.59. The molecule has 1 heterocycles. The van der Waals surface area contributed by atoms with Crippen LogP contribution in [0.15, 0.2) is 36.5 Å². The van der Waals surface area contributed by atoms with Gasteiger partial charge in [0.05, 0.1) is 0 Å². The first-order valence-corrected chi connectivity index (χ1v) is 6.53. The molecule has 2 rings (SSSR count). The fourth-order valence-corrected chi connectivity index (χ4v) is 1.83. The third-order valence-corrected chi connectivity index (χ3v) is 3.07. The van der Waals surface area contributed by atoms with E-state index in [2.05, 4.69) is 25.8 Å². The largest absolute Gasteiger partial charge is 0.436 e. The average Bonchev–Trinajstić information content (AvgIpc) is 2.40. The van der Waals surface area contributed by atoms with Crippen molar-refractivity contribution in [3.05, 3.63) is 53.5 Å². The smallest absolute Gasteiger partial charge is 0.256 e. The molecule has 0 radical (unpaired) electrons. The quantitative estimate of drug-likeness (QED) is 0.926. The molecule has 0 atom stereocenters. The van der Waals surface area contributed by atoms with Gasteiger partial charge in [-0.15, -0.1) is 0 Å². The van der Waals surface area contributed by atoms with E-state index in [4.69, 9.17) is 10.5 Å². The van der Waals surface area contributed by atoms with Crippen LogP contribution in [0.25, 0.3) is 0 Å². The monoisotopic (exact) mass is 274 g/mol. The lowest BCUT2D eigenvalue weighted by molar-refractivity contribution is 0.417. The fraction of sp³-hybridized carbons (Fsp3) is 0.312. The number of hydrogen-bond acceptors (Lipinski definition) is 3. The number of rotatable bonds is 3. The SMILES string of the molecule is CC(C)(C)c1cccc(Oc2nccc(CN)c2F)c1. The highest BCUT2D eigenvalue weighted by Crippen LogP contribution is 2.29. The molecule has 0 amide bonds. The molecule has 1 aromatic carbocycles. The molecule has 0 spiro atoms. The van der Waals surface area contributed by atoms with Crippen molar-refractivity contribution >= 4 is 0 Å². The van der Waals surface area contributed by atoms with Crippen LogP contribution in [0.2, 0.25) is 0 Å². The van der Waals surface area contributed by atoms with Gasteiger partial charge in [-0.1, -0.05) is 32.9 Å². The maximum atomic E-state index is 14.0. The standard InChI is InChI=1S/C16H19FN2O/c1-16(2,3)12-5-4-6-13(9-12)20-15-14(17)11(10-18)7-8-19-15/h4-9H,10,18H2,1-3H3. The Bertz CT molecular complexity index is 606. The van der Waals surface area contributed by atoms with E-state index in [1.165, 1.54) is 6.20 Å². The number of benzene rings is 1. The molecule has 20 heavy (non-hydrogen) atoms. The van der Waals surface area contributed by atoms with Crippen LogP contribution in [0.5, 0.6) is 11.6 Å². The first-order chi connectivity index (χ1) is 9.41. The summed E-state index contributed by atoms with van der Waals surface area (Å²) in [4.78, 5) is 3.92. The van der Waals surface area contributed by atoms with Gasteiger partial charge < -0.3 is 10.5 Å². The van der Waals surface area contributed by atoms with Crippen molar-refractivity contribution in [2.24, 2.45) is 5.73 Å². The van der Waals surface area contributed by atoms with Gasteiger partial charge in [0.1, 0.15) is 5.75 Å². The maximum absolute atomic E-state index is 14.0. The summed E-state index contributed by atoms with van der Waals surface area (Å²) in [6.45, 7) is 6.45. The van der Waals surface area contributed by atoms with Gasteiger partial charge in [0.25, 0.3) is 5.88 Å². The highest BCUT2D eigenvalue weighted by Gasteiger charge is 2.15. The molecule has 0 aliphatic rings. The van der Waals surface area contributed by atoms with E-state index in [9.17, 15) is 4.39 Å². The Balaban J connectivity index is 2.31. The summed E-state index contributed by atoms with van der Waals surface area (Å²) in [6.07, 6.45) is 1.49. The van der Waals surface area contributed by atoms with Crippen molar-refractivity contribution < 1.29 is 9.13 Å². The Labute approximate surface area is 118 Å². The summed E-state index contributed by atoms with van der Waals surface area (Å²) in [6, 6.07) is 9.14. The third kappa shape index (κ3) is 3.14. The molecule has 0 aliphatic heterocycles. The van der Waals surface area contributed by atoms with Crippen molar-refractivity contribution in [3.63, 3.8) is 0 Å². The first kappa shape index (κ1) is 14.5. The number of halogens is 1. The lowest BCUT2D eigenvalue weighted by Gasteiger charge is -2.19. The van der Waals surface area contributed by atoms with Crippen LogP contribution in [0.4, 0.5) is 4.39 Å². The van der Waals surface area contributed by atoms with Gasteiger partial charge >= 0.3 is 0 Å². The zero-order chi connectivity index (χ0) is 14.8. The van der Waals surface area contributed by atoms with Crippen LogP contribution in [-0.2, 0) is 12.0 Å². The van der Waals surface area contributed by atoms with E-state index in [1.54, 1.807) is 12.1 Å². The molecule has 2 N–H and O–H groups in total. The molecular weight excluding hydrogens is 255 g/mol. The normalized spacial score (nSPS) is 11.4. The van der Waals surface area contributed by atoms with Crippen molar-refractivity contribution in [3.8, 4) is 11.6 Å². The molecular formula is C16H19FN2O. The summed E-state index contributed by atoms with van der Waals surface area (Å²) in [5, 5.41) is 0. The summed E-state index contributed by atoms with van der Waals surface area (Å²) < 4.78 is 19.6. The molecule has 0 bridgehead atoms. The van der Waals surface area contributed by atoms with Gasteiger partial charge in [-0.05, 0) is 29.2 Å². The Kier molecular flexibility index (Phi) is 4.04. The third-order valence-electron chi connectivity index (χ3n) is 3.07. The van der Waals surface area contributed by atoms with E-state index in [-0.39, 0.29) is 17.8 Å². The predicted molar refractivity (Wildman–Crippen MR) is 77.3 cm³/mol. The zero-order valence-electron chi connectivity index (χ0n) is 12.0. The molecule has 106 valence electrons. The van der Waals surface area contributed by atoms with E-state index in [0.717, 1.165) is 5.56 Å². The molecule has 0 saturated carbocycles. The first-order valence-electron chi connectivity index (χ1n) is 6.53. The number of nitrogens with zero attached hydrogens (tertiary/aromatic N) is 1. The van der Waals surface area contributed by atoms with Gasteiger partial charge in [-0.25, -0.2) is 9.37 Å². The topological polar surface area (TPSA) is 48.1 Å². The maximum Gasteiger partial charge on any atom is 0.256 e. The second-order valence-electron chi connectivity index (χ2n) is 5.67. The minimum atomic E-state index is -0.504. The van der Waals surface area contributed by atoms with Gasteiger partial charge in [0.2, 0.25) is 0 Å². The van der Waals surface area contributed by atoms with Gasteiger partial charge in [0.15, 0.2) is 5.82 Å². The van der Waals surface area contributed by atoms with Gasteiger partial charge in [-0.2, -0.15) is 0 Å². The van der Waals surface area contributed by atoms with Crippen LogP contribution in [-0.4, -0.2) is 4.98 Å². The van der Waals surface area contributed by atoms with Crippen LogP contribution in [0, 0.1) is 5.82 Å². The van der Waals surface area contributed by atoms with Crippen LogP contribution in [0.1, 0.15) is 31.9 Å². The second-order valence-corrected chi connectivity index (χ2v) is 5.67. The number of pyridine rings is 1. The number of hydrogen-bond donors (Lipinski definition) is 1. The highest BCUT2D eigenvalue weighted by molar-refractivity contribution is 5.35. The fourth-order valence-electron chi connectivity index (χ4n) is 1.83. The highest BCUT2D eigenvalue weighted by atomic mass is 19.1. The van der Waals surface area contributed by atoms with Gasteiger partial charge in [0, 0.05) is 18.3 Å². The number of nitrogens with two attached hydrogens (primary N) is 1. The number of aromatic nitrogens is 1. The summed E-state index contributed by atoms with van der Waals surface area (Å²) >= 11 is 0. The predicted octanol–water partition coefficient (Wildman–Crippen LogP) is 3.77. The minimum absolute atomic E-state index is 0.00441. The molecule has 0 fully saturated rings. The van der Waals surface area contributed by atoms with E-state index >= 15 is 0 Å². The van der Waals surface area contributed by atoms with E-state index in [1.807, 2.05) is 18.2 Å². The van der Waals surface area contributed by atoms with E-state index < -0.39 is 5.82 Å². The van der Waals surface area contributed by atoms with Crippen LogP contribution in [0.3, 0.4) is 0 Å². The molecule has 3 nitrogen and oxygen atoms in total. The van der Waals surface area contributed by atoms with Crippen LogP contribution >= 0.6 is 0 Å². The Morgan fingerprint density at radius 1 is 1.25 bits per heavy atom. The molecule has 2 aromatic rings. The summed E-state index contributed by atoms with van der Waals surface area (Å²) in [7, 11) is 0. The lowest BCUT2D eigenvalue weighted by Crippen LogP contribution is -2.10. The Morgan fingerprint density at radius 2 is 2.00 bits per heavy atom. The van der Waals surface area contributed by atoms with E-state index in [0.29, 0.717) is 11.3 Å². The number of ether oxygens (including phenoxy) is 1. The molecule has 0 unspecified atom stereocenters. The molecule has 4 heteroatoms. The molecule has 1 aromatic heterocycles. The molecule has 0 aliphatic carbocycles. The molecule has 0 saturated heterocycles. The summed E-state index contributed by atoms with van der Waals surface area (Å²) in [5.41, 5.74) is 6.98. The van der Waals surface area contributed by atoms with Crippen molar-refractivity contribution in [2.75, 3.05) is 0 Å². The zero-order valence-corrected chi connectivity index (χ0v) is 12.0. The average molecular weight is 274 g/mol. The minimum Gasteiger partial charge on any atom is -0.436 e. The lowest BCUT2D eigenvalue weighted by atomic mass is 9.87. The van der Waals surface area contributed by atoms with Crippen LogP contribution < -0.4 is 10.5 Å². The van der Waals surface area contributed by atoms with Crippen molar-refractivity contribution in [1.82, 2.24) is 4.98 Å². The summed E-state index contributed by atoms with van der Waals surface area (Å²) in [5.74, 6) is 0.0215. The van der Waals surface area contributed by atoms with Crippen molar-refractivity contribution in [2.45, 2.75) is 32.7 Å². The Hall–Kier alpha value is -1.94. The Morgan fingerprint density at radius 3 is 2.65 bits per heavy atom. The van der Waals surface area contributed by atoms with Gasteiger partial charge in [-0.3, -0.25) is 0 Å². The van der Waals surface area contributed by atoms with Crippen molar-refractivity contribution in [1.29, 1.82) is 0 Å².